The van der Waals surface area contributed by atoms with Crippen LogP contribution < -0.4 is 4.57 Å². The Hall–Kier alpha value is -3.90. The Kier molecular flexibility index (Phi) is 4.39. The molecule has 2 aromatic heterocycles. The average molecular weight is 435 g/mol. The average Bonchev–Trinajstić information content (AvgIpc) is 3.22. The standard InChI is InChI=1S/C30H27N2O/c1-19(2)15-21-13-14-32(5)27(16-21)28-20(3)11-12-24-26-18-23(31-4)17-25(29(26)33-30(24)28)22-9-7-6-8-10-22/h6-14,16-19H,15H2,1-3,5H3/q+1/i13D,15D2. The van der Waals surface area contributed by atoms with Crippen LogP contribution in [0.4, 0.5) is 5.69 Å². The summed E-state index contributed by atoms with van der Waals surface area (Å²) in [5.41, 5.74) is 6.76. The molecule has 0 fully saturated rings. The van der Waals surface area contributed by atoms with Crippen LogP contribution in [0.1, 0.15) is 29.1 Å². The summed E-state index contributed by atoms with van der Waals surface area (Å²) in [6.07, 6.45) is 0.0130. The molecule has 0 N–H and O–H groups in total. The number of hydrogen-bond donors (Lipinski definition) is 0. The number of aryl methyl sites for hydroxylation is 2. The zero-order chi connectivity index (χ0) is 25.8. The van der Waals surface area contributed by atoms with Crippen molar-refractivity contribution >= 4 is 27.6 Å². The quantitative estimate of drug-likeness (QED) is 0.209. The van der Waals surface area contributed by atoms with Crippen LogP contribution in [-0.2, 0) is 13.4 Å². The lowest BCUT2D eigenvalue weighted by Gasteiger charge is -2.09. The molecule has 3 nitrogen and oxygen atoms in total. The Morgan fingerprint density at radius 2 is 1.85 bits per heavy atom. The molecule has 2 heterocycles. The number of aromatic nitrogens is 1. The van der Waals surface area contributed by atoms with Crippen LogP contribution in [0.3, 0.4) is 0 Å². The molecule has 162 valence electrons. The molecule has 3 aromatic carbocycles. The highest BCUT2D eigenvalue weighted by Crippen LogP contribution is 2.42. The van der Waals surface area contributed by atoms with Crippen LogP contribution in [0.25, 0.3) is 49.2 Å². The topological polar surface area (TPSA) is 21.4 Å². The van der Waals surface area contributed by atoms with Crippen molar-refractivity contribution in [3.8, 4) is 22.4 Å². The van der Waals surface area contributed by atoms with Crippen molar-refractivity contribution in [2.45, 2.75) is 27.1 Å². The Balaban J connectivity index is 1.87. The molecule has 0 saturated heterocycles. The van der Waals surface area contributed by atoms with E-state index in [2.05, 4.69) is 4.85 Å². The molecule has 0 radical (unpaired) electrons. The summed E-state index contributed by atoms with van der Waals surface area (Å²) in [6.45, 7) is 13.3. The van der Waals surface area contributed by atoms with Gasteiger partial charge in [-0.15, -0.1) is 0 Å². The van der Waals surface area contributed by atoms with Crippen molar-refractivity contribution in [3.63, 3.8) is 0 Å². The summed E-state index contributed by atoms with van der Waals surface area (Å²) in [5, 5.41) is 1.77. The van der Waals surface area contributed by atoms with Gasteiger partial charge < -0.3 is 4.42 Å². The molecular weight excluding hydrogens is 404 g/mol. The number of fused-ring (bicyclic) bond motifs is 3. The van der Waals surface area contributed by atoms with Gasteiger partial charge in [-0.3, -0.25) is 0 Å². The summed E-state index contributed by atoms with van der Waals surface area (Å²) < 4.78 is 34.2. The predicted molar refractivity (Wildman–Crippen MR) is 135 cm³/mol. The van der Waals surface area contributed by atoms with Gasteiger partial charge in [-0.1, -0.05) is 56.3 Å². The zero-order valence-corrected chi connectivity index (χ0v) is 19.2. The summed E-state index contributed by atoms with van der Waals surface area (Å²) >= 11 is 0. The summed E-state index contributed by atoms with van der Waals surface area (Å²) in [4.78, 5) is 3.71. The van der Waals surface area contributed by atoms with Gasteiger partial charge in [-0.05, 0) is 48.0 Å². The SMILES string of the molecule is [2H]c1c[n+](C)c(-c2c(C)ccc3c2oc2c(-c4ccccc4)cc([N+]#[C-])cc23)cc1C([2H])([2H])C(C)C. The van der Waals surface area contributed by atoms with Gasteiger partial charge in [-0.2, -0.15) is 0 Å². The van der Waals surface area contributed by atoms with Crippen molar-refractivity contribution < 1.29 is 13.1 Å². The second-order valence-electron chi connectivity index (χ2n) is 8.71. The first-order valence-corrected chi connectivity index (χ1v) is 11.1. The maximum Gasteiger partial charge on any atom is 0.216 e. The fourth-order valence-corrected chi connectivity index (χ4v) is 4.40. The Labute approximate surface area is 199 Å². The maximum atomic E-state index is 8.65. The molecule has 0 aliphatic carbocycles. The first kappa shape index (κ1) is 17.6. The molecule has 3 heteroatoms. The van der Waals surface area contributed by atoms with Gasteiger partial charge in [0.25, 0.3) is 0 Å². The highest BCUT2D eigenvalue weighted by Gasteiger charge is 2.23. The molecule has 0 atom stereocenters. The lowest BCUT2D eigenvalue weighted by molar-refractivity contribution is -0.660. The van der Waals surface area contributed by atoms with Gasteiger partial charge in [0.15, 0.2) is 11.9 Å². The van der Waals surface area contributed by atoms with E-state index < -0.39 is 6.37 Å². The molecule has 5 rings (SSSR count). The predicted octanol–water partition coefficient (Wildman–Crippen LogP) is 7.80. The Morgan fingerprint density at radius 3 is 2.58 bits per heavy atom. The van der Waals surface area contributed by atoms with E-state index in [4.69, 9.17) is 15.1 Å². The molecule has 0 aliphatic rings. The number of pyridine rings is 1. The molecule has 0 aliphatic heterocycles. The third kappa shape index (κ3) is 3.68. The van der Waals surface area contributed by atoms with Gasteiger partial charge in [0.05, 0.1) is 13.5 Å². The Morgan fingerprint density at radius 1 is 1.06 bits per heavy atom. The third-order valence-electron chi connectivity index (χ3n) is 5.92. The normalized spacial score (nSPS) is 13.2. The number of rotatable bonds is 4. The van der Waals surface area contributed by atoms with Gasteiger partial charge in [0.2, 0.25) is 5.69 Å². The molecule has 5 aromatic rings. The van der Waals surface area contributed by atoms with Crippen molar-refractivity contribution in [1.29, 1.82) is 0 Å². The smallest absolute Gasteiger partial charge is 0.216 e. The summed E-state index contributed by atoms with van der Waals surface area (Å²) in [6, 6.07) is 19.7. The van der Waals surface area contributed by atoms with E-state index in [9.17, 15) is 0 Å². The van der Waals surface area contributed by atoms with E-state index in [1.807, 2.05) is 87.0 Å². The lowest BCUT2D eigenvalue weighted by atomic mass is 9.96. The summed E-state index contributed by atoms with van der Waals surface area (Å²) in [5.74, 6) is -0.286. The molecular formula is C30H27N2O+. The molecule has 0 bridgehead atoms. The van der Waals surface area contributed by atoms with Crippen LogP contribution in [0.15, 0.2) is 77.3 Å². The maximum absolute atomic E-state index is 8.65. The van der Waals surface area contributed by atoms with E-state index >= 15 is 0 Å². The highest BCUT2D eigenvalue weighted by molar-refractivity contribution is 6.14. The lowest BCUT2D eigenvalue weighted by Crippen LogP contribution is -2.31. The highest BCUT2D eigenvalue weighted by atomic mass is 16.3. The minimum atomic E-state index is -1.65. The number of hydrogen-bond acceptors (Lipinski definition) is 1. The van der Waals surface area contributed by atoms with Crippen molar-refractivity contribution in [1.82, 2.24) is 0 Å². The van der Waals surface area contributed by atoms with E-state index in [0.29, 0.717) is 22.4 Å². The van der Waals surface area contributed by atoms with E-state index in [-0.39, 0.29) is 12.0 Å². The molecule has 0 unspecified atom stereocenters. The Bertz CT molecular complexity index is 1680. The van der Waals surface area contributed by atoms with Crippen LogP contribution in [-0.4, -0.2) is 0 Å². The second-order valence-corrected chi connectivity index (χ2v) is 8.71. The molecule has 0 amide bonds. The van der Waals surface area contributed by atoms with Crippen LogP contribution in [0, 0.1) is 19.4 Å². The van der Waals surface area contributed by atoms with Crippen molar-refractivity contribution in [2.75, 3.05) is 0 Å². The third-order valence-corrected chi connectivity index (χ3v) is 5.92. The van der Waals surface area contributed by atoms with Crippen molar-refractivity contribution in [2.24, 2.45) is 13.0 Å². The van der Waals surface area contributed by atoms with E-state index in [0.717, 1.165) is 38.7 Å². The first-order valence-electron chi connectivity index (χ1n) is 12.6. The van der Waals surface area contributed by atoms with Gasteiger partial charge in [-0.25, -0.2) is 9.41 Å². The van der Waals surface area contributed by atoms with E-state index in [1.54, 1.807) is 12.3 Å². The fourth-order valence-electron chi connectivity index (χ4n) is 4.40. The minimum absolute atomic E-state index is 0.169. The van der Waals surface area contributed by atoms with Gasteiger partial charge in [0.1, 0.15) is 18.2 Å². The first-order chi connectivity index (χ1) is 17.1. The van der Waals surface area contributed by atoms with Crippen LogP contribution in [0.5, 0.6) is 0 Å². The van der Waals surface area contributed by atoms with E-state index in [1.165, 1.54) is 0 Å². The fraction of sp³-hybridized carbons (Fsp3) is 0.200. The number of furan rings is 1. The number of nitrogens with zero attached hydrogens (tertiary/aromatic N) is 2. The summed E-state index contributed by atoms with van der Waals surface area (Å²) in [7, 11) is 1.87. The molecule has 0 saturated carbocycles. The van der Waals surface area contributed by atoms with Gasteiger partial charge >= 0.3 is 0 Å². The monoisotopic (exact) mass is 434 g/mol. The largest absolute Gasteiger partial charge is 0.455 e. The second kappa shape index (κ2) is 8.22. The zero-order valence-electron chi connectivity index (χ0n) is 22.2. The minimum Gasteiger partial charge on any atom is -0.455 e. The molecule has 0 spiro atoms. The van der Waals surface area contributed by atoms with Crippen LogP contribution in [0.2, 0.25) is 0 Å². The number of benzene rings is 3. The van der Waals surface area contributed by atoms with Crippen LogP contribution >= 0.6 is 0 Å². The van der Waals surface area contributed by atoms with Crippen molar-refractivity contribution in [3.05, 3.63) is 95.4 Å². The van der Waals surface area contributed by atoms with Gasteiger partial charge in [0, 0.05) is 31.2 Å². The molecule has 33 heavy (non-hydrogen) atoms.